The number of nitrogens with zero attached hydrogens (tertiary/aromatic N) is 5. The summed E-state index contributed by atoms with van der Waals surface area (Å²) in [5, 5.41) is 20.6. The number of benzene rings is 1. The molecule has 3 aromatic heterocycles. The smallest absolute Gasteiger partial charge is 0.396 e. The van der Waals surface area contributed by atoms with Crippen LogP contribution in [0.4, 0.5) is 40.7 Å². The van der Waals surface area contributed by atoms with E-state index in [0.717, 1.165) is 6.07 Å². The highest BCUT2D eigenvalue weighted by Crippen LogP contribution is 2.45. The summed E-state index contributed by atoms with van der Waals surface area (Å²) in [6.07, 6.45) is -1.24. The number of hydrogen-bond acceptors (Lipinski definition) is 10. The minimum Gasteiger partial charge on any atom is -0.396 e. The fraction of sp³-hybridized carbons (Fsp3) is 0.296. The number of aromatic nitrogens is 5. The van der Waals surface area contributed by atoms with Gasteiger partial charge in [-0.25, -0.2) is 14.4 Å². The topological polar surface area (TPSA) is 176 Å². The van der Waals surface area contributed by atoms with E-state index in [0.29, 0.717) is 30.4 Å². The van der Waals surface area contributed by atoms with Gasteiger partial charge in [0.25, 0.3) is 5.91 Å². The molecule has 0 fully saturated rings. The maximum atomic E-state index is 14.8. The number of halogens is 4. The fourth-order valence-corrected chi connectivity index (χ4v) is 5.25. The molecular formula is C27H29F4N8O5P. The van der Waals surface area contributed by atoms with E-state index in [1.807, 2.05) is 0 Å². The lowest BCUT2D eigenvalue weighted by atomic mass is 10.1. The number of anilines is 4. The van der Waals surface area contributed by atoms with Crippen LogP contribution in [0.25, 0.3) is 11.3 Å². The molecule has 18 heteroatoms. The number of aliphatic hydroxyl groups excluding tert-OH is 1. The Balaban J connectivity index is 1.65. The van der Waals surface area contributed by atoms with Crippen LogP contribution in [0.2, 0.25) is 0 Å². The lowest BCUT2D eigenvalue weighted by molar-refractivity contribution is -0.137. The Morgan fingerprint density at radius 2 is 1.87 bits per heavy atom. The summed E-state index contributed by atoms with van der Waals surface area (Å²) in [6, 6.07) is 6.36. The summed E-state index contributed by atoms with van der Waals surface area (Å²) >= 11 is 0. The Labute approximate surface area is 254 Å². The van der Waals surface area contributed by atoms with Gasteiger partial charge < -0.3 is 30.5 Å². The highest BCUT2D eigenvalue weighted by atomic mass is 31.2. The third kappa shape index (κ3) is 8.60. The summed E-state index contributed by atoms with van der Waals surface area (Å²) in [6.45, 7) is 1.93. The van der Waals surface area contributed by atoms with Gasteiger partial charge >= 0.3 is 13.8 Å². The molecule has 4 aromatic rings. The molecule has 0 saturated carbocycles. The van der Waals surface area contributed by atoms with Crippen molar-refractivity contribution >= 4 is 36.6 Å². The van der Waals surface area contributed by atoms with Crippen molar-refractivity contribution in [2.24, 2.45) is 0 Å². The van der Waals surface area contributed by atoms with Gasteiger partial charge in [-0.15, -0.1) is 0 Å². The standard InChI is InChI=1S/C27H29F4N8O5P/c1-3-44-45(42,43)15-16-5-6-21(19(28)11-16)37-26-33-13-18(27(29,30)31)24(38-26)36-22-8-7-20(35-23(22)25(41)32-2)17-12-34-39(14-17)9-4-10-40/h5-8,11-14,40H,3-4,9-10,15H2,1-2H3,(H,32,41)(H,42,43)(H2,33,36,37,38). The first-order valence-corrected chi connectivity index (χ1v) is 15.2. The highest BCUT2D eigenvalue weighted by molar-refractivity contribution is 7.51. The van der Waals surface area contributed by atoms with Gasteiger partial charge in [0.2, 0.25) is 5.95 Å². The van der Waals surface area contributed by atoms with E-state index in [2.05, 4.69) is 36.0 Å². The number of amides is 1. The number of rotatable bonds is 13. The zero-order valence-electron chi connectivity index (χ0n) is 24.0. The summed E-state index contributed by atoms with van der Waals surface area (Å²) in [5.41, 5.74) is -0.840. The molecule has 1 aromatic carbocycles. The number of carbonyl (C=O) groups is 1. The Kier molecular flexibility index (Phi) is 10.5. The third-order valence-corrected chi connectivity index (χ3v) is 7.58. The maximum absolute atomic E-state index is 14.8. The average molecular weight is 653 g/mol. The highest BCUT2D eigenvalue weighted by Gasteiger charge is 2.36. The minimum absolute atomic E-state index is 0.0138. The van der Waals surface area contributed by atoms with Gasteiger partial charge in [0.15, 0.2) is 5.69 Å². The lowest BCUT2D eigenvalue weighted by Crippen LogP contribution is -2.21. The molecule has 1 amide bonds. The zero-order chi connectivity index (χ0) is 32.8. The lowest BCUT2D eigenvalue weighted by Gasteiger charge is -2.17. The first-order chi connectivity index (χ1) is 21.3. The molecule has 0 spiro atoms. The van der Waals surface area contributed by atoms with Crippen LogP contribution in [-0.2, 0) is 28.0 Å². The molecule has 1 unspecified atom stereocenters. The molecule has 0 radical (unpaired) electrons. The van der Waals surface area contributed by atoms with Gasteiger partial charge in [-0.05, 0) is 43.2 Å². The third-order valence-electron chi connectivity index (χ3n) is 6.15. The van der Waals surface area contributed by atoms with Crippen molar-refractivity contribution in [2.45, 2.75) is 32.2 Å². The van der Waals surface area contributed by atoms with Crippen LogP contribution in [0.15, 0.2) is 48.9 Å². The molecule has 13 nitrogen and oxygen atoms in total. The van der Waals surface area contributed by atoms with Crippen LogP contribution in [0, 0.1) is 5.82 Å². The van der Waals surface area contributed by atoms with Crippen molar-refractivity contribution in [3.63, 3.8) is 0 Å². The van der Waals surface area contributed by atoms with Crippen molar-refractivity contribution < 1.29 is 41.4 Å². The second-order valence-electron chi connectivity index (χ2n) is 9.47. The van der Waals surface area contributed by atoms with Gasteiger partial charge in [-0.2, -0.15) is 23.3 Å². The van der Waals surface area contributed by atoms with Crippen LogP contribution in [0.5, 0.6) is 0 Å². The molecule has 1 atom stereocenters. The van der Waals surface area contributed by atoms with E-state index >= 15 is 0 Å². The first-order valence-electron chi connectivity index (χ1n) is 13.4. The Morgan fingerprint density at radius 1 is 1.11 bits per heavy atom. The largest absolute Gasteiger partial charge is 0.421 e. The number of aliphatic hydroxyl groups is 1. The Morgan fingerprint density at radius 3 is 2.53 bits per heavy atom. The van der Waals surface area contributed by atoms with Gasteiger partial charge in [-0.3, -0.25) is 14.0 Å². The molecule has 0 aliphatic heterocycles. The summed E-state index contributed by atoms with van der Waals surface area (Å²) in [7, 11) is -2.66. The molecule has 45 heavy (non-hydrogen) atoms. The molecule has 0 aliphatic rings. The summed E-state index contributed by atoms with van der Waals surface area (Å²) in [5.74, 6) is -2.75. The monoisotopic (exact) mass is 652 g/mol. The van der Waals surface area contributed by atoms with Crippen molar-refractivity contribution in [1.29, 1.82) is 0 Å². The normalized spacial score (nSPS) is 12.9. The van der Waals surface area contributed by atoms with Gasteiger partial charge in [0.05, 0.1) is 36.0 Å². The fourth-order valence-electron chi connectivity index (χ4n) is 4.09. The second-order valence-corrected chi connectivity index (χ2v) is 11.3. The number of alkyl halides is 3. The number of pyridine rings is 1. The van der Waals surface area contributed by atoms with E-state index in [1.165, 1.54) is 44.4 Å². The summed E-state index contributed by atoms with van der Waals surface area (Å²) in [4.78, 5) is 34.4. The van der Waals surface area contributed by atoms with Crippen LogP contribution in [0.3, 0.4) is 0 Å². The van der Waals surface area contributed by atoms with Gasteiger partial charge in [0, 0.05) is 38.2 Å². The van der Waals surface area contributed by atoms with Crippen molar-refractivity contribution in [2.75, 3.05) is 30.9 Å². The van der Waals surface area contributed by atoms with E-state index in [-0.39, 0.29) is 35.8 Å². The van der Waals surface area contributed by atoms with E-state index in [1.54, 1.807) is 10.9 Å². The predicted molar refractivity (Wildman–Crippen MR) is 156 cm³/mol. The average Bonchev–Trinajstić information content (AvgIpc) is 3.45. The summed E-state index contributed by atoms with van der Waals surface area (Å²) < 4.78 is 75.0. The number of carbonyl (C=O) groups excluding carboxylic acids is 1. The Hall–Kier alpha value is -4.44. The van der Waals surface area contributed by atoms with Gasteiger partial charge in [-0.1, -0.05) is 6.07 Å². The molecule has 0 aliphatic carbocycles. The van der Waals surface area contributed by atoms with Crippen LogP contribution in [-0.4, -0.2) is 60.9 Å². The SMILES string of the molecule is CCOP(=O)(O)Cc1ccc(Nc2ncc(C(F)(F)F)c(Nc3ccc(-c4cnn(CCCO)c4)nc3C(=O)NC)n2)c(F)c1. The number of aryl methyl sites for hydroxylation is 1. The van der Waals surface area contributed by atoms with E-state index in [9.17, 15) is 31.8 Å². The molecule has 4 rings (SSSR count). The van der Waals surface area contributed by atoms with Crippen molar-refractivity contribution in [1.82, 2.24) is 30.0 Å². The molecule has 0 saturated heterocycles. The first kappa shape index (κ1) is 33.5. The number of nitrogens with one attached hydrogen (secondary N) is 3. The van der Waals surface area contributed by atoms with Crippen LogP contribution < -0.4 is 16.0 Å². The van der Waals surface area contributed by atoms with Crippen LogP contribution in [0.1, 0.15) is 35.0 Å². The predicted octanol–water partition coefficient (Wildman–Crippen LogP) is 4.84. The molecule has 3 heterocycles. The quantitative estimate of drug-likeness (QED) is 0.0987. The molecule has 5 N–H and O–H groups in total. The maximum Gasteiger partial charge on any atom is 0.421 e. The van der Waals surface area contributed by atoms with E-state index < -0.39 is 49.0 Å². The molecule has 240 valence electrons. The van der Waals surface area contributed by atoms with Gasteiger partial charge in [0.1, 0.15) is 17.2 Å². The zero-order valence-corrected chi connectivity index (χ0v) is 24.9. The van der Waals surface area contributed by atoms with Crippen molar-refractivity contribution in [3.8, 4) is 11.3 Å². The van der Waals surface area contributed by atoms with Crippen LogP contribution >= 0.6 is 7.60 Å². The Bertz CT molecular complexity index is 1720. The minimum atomic E-state index is -4.91. The van der Waals surface area contributed by atoms with E-state index in [4.69, 9.17) is 9.63 Å². The van der Waals surface area contributed by atoms with Crippen molar-refractivity contribution in [3.05, 3.63) is 71.6 Å². The molecular weight excluding hydrogens is 623 g/mol. The number of hydrogen-bond donors (Lipinski definition) is 5. The second kappa shape index (κ2) is 14.1. The molecule has 0 bridgehead atoms.